The van der Waals surface area contributed by atoms with Crippen molar-refractivity contribution in [2.45, 2.75) is 48.0 Å². The molecule has 2 aromatic carbocycles. The molecule has 1 heterocycles. The Morgan fingerprint density at radius 1 is 1.21 bits per heavy atom. The smallest absolute Gasteiger partial charge is 0.387 e. The third-order valence-corrected chi connectivity index (χ3v) is 8.07. The average Bonchev–Trinajstić information content (AvgIpc) is 3.44. The third-order valence-electron chi connectivity index (χ3n) is 6.96. The molecule has 2 amide bonds. The highest BCUT2D eigenvalue weighted by atomic mass is 32.2. The maximum atomic E-state index is 14.8. The van der Waals surface area contributed by atoms with E-state index in [-0.39, 0.29) is 47.7 Å². The van der Waals surface area contributed by atoms with Gasteiger partial charge in [0.1, 0.15) is 11.9 Å². The number of hydrogen-bond acceptors (Lipinski definition) is 5. The number of aliphatic hydroxyl groups is 1. The molecule has 4 rings (SSSR count). The Morgan fingerprint density at radius 2 is 1.89 bits per heavy atom. The van der Waals surface area contributed by atoms with E-state index < -0.39 is 56.9 Å². The van der Waals surface area contributed by atoms with Gasteiger partial charge in [0.2, 0.25) is 5.91 Å². The van der Waals surface area contributed by atoms with Gasteiger partial charge in [0.15, 0.2) is 9.84 Å². The van der Waals surface area contributed by atoms with Crippen LogP contribution < -0.4 is 5.32 Å². The van der Waals surface area contributed by atoms with Crippen LogP contribution in [0.25, 0.3) is 0 Å². The van der Waals surface area contributed by atoms with Gasteiger partial charge in [-0.05, 0) is 55.5 Å². The van der Waals surface area contributed by atoms with Crippen molar-refractivity contribution >= 4 is 21.7 Å². The van der Waals surface area contributed by atoms with Crippen molar-refractivity contribution in [2.24, 2.45) is 5.92 Å². The van der Waals surface area contributed by atoms with Crippen LogP contribution in [-0.4, -0.2) is 54.7 Å². The molecule has 2 aliphatic rings. The van der Waals surface area contributed by atoms with E-state index in [1.807, 2.05) is 0 Å². The van der Waals surface area contributed by atoms with Gasteiger partial charge in [-0.25, -0.2) is 12.8 Å². The number of sulfone groups is 1. The standard InChI is InChI=1S/C26H26F4N2O5S/c1-3-15-11-21(32(14-15)24(34)16-5-4-6-18(12-16)38(2,36)37)23(33)31-22(25(35)9-10-25)19-8-7-17(13-20(19)27)26(28,29)30/h3-8,12-13,15,21-22,35H,1,9-11,14H2,2H3,(H,31,33)/t15-,21-,22+/m1/s1. The molecule has 2 N–H and O–H groups in total. The summed E-state index contributed by atoms with van der Waals surface area (Å²) in [5.41, 5.74) is -3.01. The lowest BCUT2D eigenvalue weighted by Gasteiger charge is -2.29. The van der Waals surface area contributed by atoms with Gasteiger partial charge in [0.05, 0.1) is 22.1 Å². The molecular weight excluding hydrogens is 528 g/mol. The summed E-state index contributed by atoms with van der Waals surface area (Å²) in [7, 11) is -3.60. The van der Waals surface area contributed by atoms with Gasteiger partial charge < -0.3 is 15.3 Å². The number of carbonyl (C=O) groups excluding carboxylic acids is 2. The molecule has 0 aromatic heterocycles. The predicted molar refractivity (Wildman–Crippen MR) is 129 cm³/mol. The number of hydrogen-bond donors (Lipinski definition) is 2. The van der Waals surface area contributed by atoms with Gasteiger partial charge in [-0.15, -0.1) is 6.58 Å². The molecule has 1 saturated carbocycles. The maximum absolute atomic E-state index is 14.8. The van der Waals surface area contributed by atoms with E-state index in [1.165, 1.54) is 29.2 Å². The van der Waals surface area contributed by atoms with Gasteiger partial charge in [-0.1, -0.05) is 18.2 Å². The molecule has 1 aliphatic carbocycles. The van der Waals surface area contributed by atoms with Crippen molar-refractivity contribution in [3.63, 3.8) is 0 Å². The number of amides is 2. The highest BCUT2D eigenvalue weighted by molar-refractivity contribution is 7.90. The van der Waals surface area contributed by atoms with Crippen LogP contribution in [-0.2, 0) is 20.8 Å². The van der Waals surface area contributed by atoms with Crippen molar-refractivity contribution in [2.75, 3.05) is 12.8 Å². The third kappa shape index (κ3) is 5.60. The lowest BCUT2D eigenvalue weighted by molar-refractivity contribution is -0.137. The second kappa shape index (κ2) is 9.81. The lowest BCUT2D eigenvalue weighted by Crippen LogP contribution is -2.49. The fraction of sp³-hybridized carbons (Fsp3) is 0.385. The van der Waals surface area contributed by atoms with Crippen LogP contribution >= 0.6 is 0 Å². The van der Waals surface area contributed by atoms with Crippen molar-refractivity contribution < 1.29 is 40.7 Å². The number of benzene rings is 2. The topological polar surface area (TPSA) is 104 Å². The quantitative estimate of drug-likeness (QED) is 0.402. The van der Waals surface area contributed by atoms with E-state index in [0.717, 1.165) is 12.3 Å². The fourth-order valence-electron chi connectivity index (χ4n) is 4.63. The molecule has 38 heavy (non-hydrogen) atoms. The summed E-state index contributed by atoms with van der Waals surface area (Å²) in [5, 5.41) is 13.3. The summed E-state index contributed by atoms with van der Waals surface area (Å²) in [6.07, 6.45) is -1.65. The molecule has 1 aliphatic heterocycles. The highest BCUT2D eigenvalue weighted by Crippen LogP contribution is 2.47. The van der Waals surface area contributed by atoms with Crippen LogP contribution in [0.1, 0.15) is 46.8 Å². The first-order valence-corrected chi connectivity index (χ1v) is 13.7. The number of carbonyl (C=O) groups is 2. The van der Waals surface area contributed by atoms with E-state index in [0.29, 0.717) is 12.1 Å². The number of likely N-dealkylation sites (tertiary alicyclic amines) is 1. The summed E-state index contributed by atoms with van der Waals surface area (Å²) in [6.45, 7) is 3.82. The zero-order valence-electron chi connectivity index (χ0n) is 20.3. The monoisotopic (exact) mass is 554 g/mol. The molecule has 204 valence electrons. The van der Waals surface area contributed by atoms with Crippen LogP contribution in [0.4, 0.5) is 17.6 Å². The zero-order chi connectivity index (χ0) is 28.0. The number of rotatable bonds is 7. The minimum atomic E-state index is -4.77. The second-order valence-corrected chi connectivity index (χ2v) is 11.8. The maximum Gasteiger partial charge on any atom is 0.416 e. The molecule has 7 nitrogen and oxygen atoms in total. The highest BCUT2D eigenvalue weighted by Gasteiger charge is 2.51. The second-order valence-electron chi connectivity index (χ2n) is 9.78. The first kappa shape index (κ1) is 27.8. The number of halogens is 4. The van der Waals surface area contributed by atoms with Crippen molar-refractivity contribution in [3.8, 4) is 0 Å². The van der Waals surface area contributed by atoms with Crippen molar-refractivity contribution in [3.05, 3.63) is 77.6 Å². The van der Waals surface area contributed by atoms with Crippen LogP contribution in [0.2, 0.25) is 0 Å². The molecule has 0 spiro atoms. The normalized spacial score (nSPS) is 21.6. The van der Waals surface area contributed by atoms with Gasteiger partial charge in [0, 0.05) is 23.9 Å². The van der Waals surface area contributed by atoms with Gasteiger partial charge in [0.25, 0.3) is 5.91 Å². The minimum Gasteiger partial charge on any atom is -0.387 e. The Balaban J connectivity index is 1.62. The molecule has 0 radical (unpaired) electrons. The summed E-state index contributed by atoms with van der Waals surface area (Å²) >= 11 is 0. The Bertz CT molecular complexity index is 1390. The van der Waals surface area contributed by atoms with Crippen molar-refractivity contribution in [1.29, 1.82) is 0 Å². The molecule has 12 heteroatoms. The SMILES string of the molecule is C=C[C@@H]1C[C@H](C(=O)N[C@@H](c2ccc(C(F)(F)F)cc2F)C2(O)CC2)N(C(=O)c2cccc(S(C)(=O)=O)c2)C1. The van der Waals surface area contributed by atoms with Crippen LogP contribution in [0.3, 0.4) is 0 Å². The van der Waals surface area contributed by atoms with Crippen molar-refractivity contribution in [1.82, 2.24) is 10.2 Å². The molecule has 0 bridgehead atoms. The first-order chi connectivity index (χ1) is 17.6. The van der Waals surface area contributed by atoms with Gasteiger partial charge >= 0.3 is 6.18 Å². The van der Waals surface area contributed by atoms with E-state index in [9.17, 15) is 40.7 Å². The first-order valence-electron chi connectivity index (χ1n) is 11.8. The molecule has 3 atom stereocenters. The van der Waals surface area contributed by atoms with Crippen LogP contribution in [0, 0.1) is 11.7 Å². The van der Waals surface area contributed by atoms with Gasteiger partial charge in [-0.3, -0.25) is 9.59 Å². The lowest BCUT2D eigenvalue weighted by atomic mass is 9.96. The number of nitrogens with one attached hydrogen (secondary N) is 1. The van der Waals surface area contributed by atoms with E-state index >= 15 is 0 Å². The Kier molecular flexibility index (Phi) is 7.17. The summed E-state index contributed by atoms with van der Waals surface area (Å²) in [6, 6.07) is 4.84. The fourth-order valence-corrected chi connectivity index (χ4v) is 5.30. The summed E-state index contributed by atoms with van der Waals surface area (Å²) in [4.78, 5) is 28.0. The number of nitrogens with zero attached hydrogens (tertiary/aromatic N) is 1. The Morgan fingerprint density at radius 3 is 2.45 bits per heavy atom. The van der Waals surface area contributed by atoms with Crippen LogP contribution in [0.15, 0.2) is 60.0 Å². The zero-order valence-corrected chi connectivity index (χ0v) is 21.2. The summed E-state index contributed by atoms with van der Waals surface area (Å²) < 4.78 is 77.7. The van der Waals surface area contributed by atoms with Crippen LogP contribution in [0.5, 0.6) is 0 Å². The minimum absolute atomic E-state index is 0.0431. The molecule has 2 aromatic rings. The van der Waals surface area contributed by atoms with E-state index in [1.54, 1.807) is 6.08 Å². The van der Waals surface area contributed by atoms with E-state index in [2.05, 4.69) is 11.9 Å². The predicted octanol–water partition coefficient (Wildman–Crippen LogP) is 3.65. The summed E-state index contributed by atoms with van der Waals surface area (Å²) in [5.74, 6) is -2.85. The van der Waals surface area contributed by atoms with Gasteiger partial charge in [-0.2, -0.15) is 13.2 Å². The molecular formula is C26H26F4N2O5S. The molecule has 1 saturated heterocycles. The number of alkyl halides is 3. The molecule has 2 fully saturated rings. The Hall–Kier alpha value is -3.25. The average molecular weight is 555 g/mol. The van der Waals surface area contributed by atoms with E-state index in [4.69, 9.17) is 0 Å². The molecule has 0 unspecified atom stereocenters. The Labute approximate surface area is 217 Å². The largest absolute Gasteiger partial charge is 0.416 e.